The van der Waals surface area contributed by atoms with Crippen LogP contribution in [0.25, 0.3) is 5.32 Å². The molecular formula is C9H14F3NO2-2. The Morgan fingerprint density at radius 2 is 1.93 bits per heavy atom. The first-order valence-corrected chi connectivity index (χ1v) is 4.79. The molecule has 1 aliphatic rings. The van der Waals surface area contributed by atoms with Gasteiger partial charge < -0.3 is 15.2 Å². The van der Waals surface area contributed by atoms with E-state index in [0.717, 1.165) is 19.0 Å². The molecule has 0 spiro atoms. The molecule has 0 aromatic rings. The minimum absolute atomic E-state index is 0.988. The van der Waals surface area contributed by atoms with Crippen molar-refractivity contribution in [3.8, 4) is 0 Å². The van der Waals surface area contributed by atoms with Crippen LogP contribution in [0.2, 0.25) is 0 Å². The summed E-state index contributed by atoms with van der Waals surface area (Å²) in [5.41, 5.74) is 0. The zero-order chi connectivity index (χ0) is 11.9. The first kappa shape index (κ1) is 14.2. The van der Waals surface area contributed by atoms with Crippen molar-refractivity contribution in [2.45, 2.75) is 32.4 Å². The molecule has 0 bridgehead atoms. The lowest BCUT2D eigenvalue weighted by Gasteiger charge is -2.15. The molecule has 0 radical (unpaired) electrons. The Morgan fingerprint density at radius 1 is 1.47 bits per heavy atom. The highest BCUT2D eigenvalue weighted by Crippen LogP contribution is 2.29. The number of carbonyl (C=O) groups excluding carboxylic acids is 1. The number of carboxylic acid groups (broad SMARTS) is 1. The van der Waals surface area contributed by atoms with Gasteiger partial charge in [0.05, 0.1) is 0 Å². The molecule has 1 fully saturated rings. The predicted molar refractivity (Wildman–Crippen MR) is 47.2 cm³/mol. The average molecular weight is 225 g/mol. The average Bonchev–Trinajstić information content (AvgIpc) is 2.88. The van der Waals surface area contributed by atoms with E-state index in [1.807, 2.05) is 0 Å². The number of carboxylic acids is 1. The maximum Gasteiger partial charge on any atom is 0.430 e. The second-order valence-electron chi connectivity index (χ2n) is 3.36. The molecule has 0 saturated heterocycles. The predicted octanol–water partition coefficient (Wildman–Crippen LogP) is 1.48. The first-order valence-electron chi connectivity index (χ1n) is 4.79. The SMILES string of the molecule is CCC[N-]CC1CC1.O=C([O-])C(F)(F)F. The highest BCUT2D eigenvalue weighted by molar-refractivity contribution is 5.70. The fraction of sp³-hybridized carbons (Fsp3) is 0.889. The molecule has 0 N–H and O–H groups in total. The Hall–Kier alpha value is -0.780. The van der Waals surface area contributed by atoms with Crippen molar-refractivity contribution in [1.29, 1.82) is 0 Å². The summed E-state index contributed by atoms with van der Waals surface area (Å²) in [6.07, 6.45) is -1.10. The Bertz CT molecular complexity index is 190. The van der Waals surface area contributed by atoms with Gasteiger partial charge in [0, 0.05) is 0 Å². The maximum absolute atomic E-state index is 10.5. The van der Waals surface area contributed by atoms with Crippen molar-refractivity contribution >= 4 is 5.97 Å². The van der Waals surface area contributed by atoms with Crippen LogP contribution in [0.5, 0.6) is 0 Å². The third-order valence-corrected chi connectivity index (χ3v) is 1.70. The number of alkyl halides is 3. The topological polar surface area (TPSA) is 54.2 Å². The van der Waals surface area contributed by atoms with Crippen LogP contribution in [0.4, 0.5) is 13.2 Å². The molecule has 0 atom stereocenters. The standard InChI is InChI=1S/C7H14N.C2HF3O2/c1-2-5-8-6-7-3-4-7;3-2(4,5)1(6)7/h7H,2-6H2,1H3;(H,6,7)/q-1;/p-1. The Kier molecular flexibility index (Phi) is 6.31. The van der Waals surface area contributed by atoms with E-state index in [2.05, 4.69) is 12.2 Å². The van der Waals surface area contributed by atoms with Crippen LogP contribution in [0.3, 0.4) is 0 Å². The molecule has 0 aromatic heterocycles. The molecule has 1 aliphatic carbocycles. The van der Waals surface area contributed by atoms with Gasteiger partial charge >= 0.3 is 6.18 Å². The number of halogens is 3. The number of aliphatic carboxylic acids is 1. The van der Waals surface area contributed by atoms with Crippen molar-refractivity contribution in [1.82, 2.24) is 0 Å². The van der Waals surface area contributed by atoms with Crippen LogP contribution in [-0.2, 0) is 4.79 Å². The van der Waals surface area contributed by atoms with E-state index < -0.39 is 12.1 Å². The van der Waals surface area contributed by atoms with Crippen LogP contribution in [0.15, 0.2) is 0 Å². The van der Waals surface area contributed by atoms with Crippen LogP contribution in [-0.4, -0.2) is 25.2 Å². The second-order valence-corrected chi connectivity index (χ2v) is 3.36. The molecule has 0 aromatic carbocycles. The van der Waals surface area contributed by atoms with Gasteiger partial charge in [-0.05, 0) is 0 Å². The van der Waals surface area contributed by atoms with Crippen molar-refractivity contribution in [2.75, 3.05) is 13.1 Å². The summed E-state index contributed by atoms with van der Waals surface area (Å²) in [5.74, 6) is -2.02. The summed E-state index contributed by atoms with van der Waals surface area (Å²) in [6.45, 7) is 4.40. The Labute approximate surface area is 86.7 Å². The highest BCUT2D eigenvalue weighted by Gasteiger charge is 2.28. The molecular weight excluding hydrogens is 211 g/mol. The monoisotopic (exact) mass is 225 g/mol. The Balaban J connectivity index is 0.000000265. The molecule has 1 rings (SSSR count). The smallest absolute Gasteiger partial charge is 0.430 e. The molecule has 6 heteroatoms. The maximum atomic E-state index is 10.5. The van der Waals surface area contributed by atoms with E-state index in [0.29, 0.717) is 0 Å². The van der Waals surface area contributed by atoms with Gasteiger partial charge in [-0.1, -0.05) is 32.1 Å². The largest absolute Gasteiger partial charge is 0.662 e. The van der Waals surface area contributed by atoms with Gasteiger partial charge in [-0.3, -0.25) is 0 Å². The van der Waals surface area contributed by atoms with E-state index in [4.69, 9.17) is 9.90 Å². The molecule has 1 saturated carbocycles. The number of hydrogen-bond donors (Lipinski definition) is 0. The third kappa shape index (κ3) is 9.52. The molecule has 0 aliphatic heterocycles. The van der Waals surface area contributed by atoms with E-state index in [1.54, 1.807) is 0 Å². The fourth-order valence-electron chi connectivity index (χ4n) is 0.732. The number of carbonyl (C=O) groups is 1. The van der Waals surface area contributed by atoms with Crippen molar-refractivity contribution < 1.29 is 23.1 Å². The highest BCUT2D eigenvalue weighted by atomic mass is 19.4. The zero-order valence-electron chi connectivity index (χ0n) is 8.51. The lowest BCUT2D eigenvalue weighted by Crippen LogP contribution is -2.37. The fourth-order valence-corrected chi connectivity index (χ4v) is 0.732. The third-order valence-electron chi connectivity index (χ3n) is 1.70. The van der Waals surface area contributed by atoms with E-state index >= 15 is 0 Å². The van der Waals surface area contributed by atoms with Gasteiger partial charge in [0.15, 0.2) is 0 Å². The molecule has 15 heavy (non-hydrogen) atoms. The minimum Gasteiger partial charge on any atom is -0.662 e. The molecule has 0 heterocycles. The van der Waals surface area contributed by atoms with Crippen LogP contribution < -0.4 is 5.11 Å². The summed E-state index contributed by atoms with van der Waals surface area (Å²) in [6, 6.07) is 0. The number of nitrogens with zero attached hydrogens (tertiary/aromatic N) is 1. The van der Waals surface area contributed by atoms with Gasteiger partial charge in [0.25, 0.3) is 0 Å². The first-order chi connectivity index (χ1) is 6.88. The molecule has 90 valence electrons. The summed E-state index contributed by atoms with van der Waals surface area (Å²) < 4.78 is 31.5. The summed E-state index contributed by atoms with van der Waals surface area (Å²) in [4.78, 5) is 8.78. The zero-order valence-corrected chi connectivity index (χ0v) is 8.51. The lowest BCUT2D eigenvalue weighted by atomic mass is 10.4. The van der Waals surface area contributed by atoms with Crippen LogP contribution in [0.1, 0.15) is 26.2 Å². The van der Waals surface area contributed by atoms with Crippen molar-refractivity contribution in [3.05, 3.63) is 5.32 Å². The molecule has 3 nitrogen and oxygen atoms in total. The van der Waals surface area contributed by atoms with Crippen LogP contribution in [0, 0.1) is 5.92 Å². The second kappa shape index (κ2) is 6.66. The molecule has 0 amide bonds. The van der Waals surface area contributed by atoms with Gasteiger partial charge in [-0.2, -0.15) is 13.2 Å². The lowest BCUT2D eigenvalue weighted by molar-refractivity contribution is -0.344. The summed E-state index contributed by atoms with van der Waals surface area (Å²) in [5, 5.41) is 13.1. The van der Waals surface area contributed by atoms with E-state index in [1.165, 1.54) is 19.3 Å². The van der Waals surface area contributed by atoms with E-state index in [-0.39, 0.29) is 0 Å². The van der Waals surface area contributed by atoms with E-state index in [9.17, 15) is 13.2 Å². The van der Waals surface area contributed by atoms with Gasteiger partial charge in [0.1, 0.15) is 5.97 Å². The molecule has 0 unspecified atom stereocenters. The van der Waals surface area contributed by atoms with Crippen molar-refractivity contribution in [2.24, 2.45) is 5.92 Å². The van der Waals surface area contributed by atoms with Crippen LogP contribution >= 0.6 is 0 Å². The Morgan fingerprint density at radius 3 is 2.20 bits per heavy atom. The quantitative estimate of drug-likeness (QED) is 0.680. The number of rotatable bonds is 4. The van der Waals surface area contributed by atoms with Gasteiger partial charge in [-0.15, -0.1) is 13.1 Å². The summed E-state index contributed by atoms with van der Waals surface area (Å²) in [7, 11) is 0. The van der Waals surface area contributed by atoms with Gasteiger partial charge in [0.2, 0.25) is 0 Å². The summed E-state index contributed by atoms with van der Waals surface area (Å²) >= 11 is 0. The van der Waals surface area contributed by atoms with Gasteiger partial charge in [-0.25, -0.2) is 0 Å². The van der Waals surface area contributed by atoms with Crippen molar-refractivity contribution in [3.63, 3.8) is 0 Å². The minimum atomic E-state index is -5.19. The number of hydrogen-bond acceptors (Lipinski definition) is 2. The normalized spacial score (nSPS) is 15.5.